The normalized spacial score (nSPS) is 14.0. The number of carbonyl (C=O) groups is 2. The minimum absolute atomic E-state index is 0.350. The number of carbonyl (C=O) groups excluding carboxylic acids is 2. The van der Waals surface area contributed by atoms with Crippen LogP contribution in [-0.2, 0) is 24.8 Å². The fourth-order valence-electron chi connectivity index (χ4n) is 2.48. The van der Waals surface area contributed by atoms with Gasteiger partial charge in [0.15, 0.2) is 0 Å². The minimum Gasteiger partial charge on any atom is -0.299 e. The largest absolute Gasteiger partial charge is 0.299 e. The van der Waals surface area contributed by atoms with Crippen LogP contribution in [0.25, 0.3) is 0 Å². The number of rotatable bonds is 3. The summed E-state index contributed by atoms with van der Waals surface area (Å²) in [5.74, 6) is -0.938. The lowest BCUT2D eigenvalue weighted by Crippen LogP contribution is -2.30. The SMILES string of the molecule is CCc1cc(CN2C(=O)C(=O)c3cc(Br)ccc32)n(C)n1. The van der Waals surface area contributed by atoms with Gasteiger partial charge in [-0.1, -0.05) is 22.9 Å². The molecular weight excluding hydrogens is 334 g/mol. The summed E-state index contributed by atoms with van der Waals surface area (Å²) in [6, 6.07) is 7.28. The second kappa shape index (κ2) is 5.11. The van der Waals surface area contributed by atoms with E-state index in [0.717, 1.165) is 22.3 Å². The number of aromatic nitrogens is 2. The van der Waals surface area contributed by atoms with Gasteiger partial charge in [0.25, 0.3) is 11.7 Å². The summed E-state index contributed by atoms with van der Waals surface area (Å²) in [5.41, 5.74) is 2.99. The molecule has 0 radical (unpaired) electrons. The van der Waals surface area contributed by atoms with Gasteiger partial charge >= 0.3 is 0 Å². The number of hydrogen-bond donors (Lipinski definition) is 0. The zero-order valence-corrected chi connectivity index (χ0v) is 13.3. The van der Waals surface area contributed by atoms with Crippen LogP contribution in [0.1, 0.15) is 28.7 Å². The molecule has 0 spiro atoms. The highest BCUT2D eigenvalue weighted by atomic mass is 79.9. The van der Waals surface area contributed by atoms with E-state index in [0.29, 0.717) is 17.8 Å². The third kappa shape index (κ3) is 2.29. The first-order valence-electron chi connectivity index (χ1n) is 6.68. The molecule has 3 rings (SSSR count). The quantitative estimate of drug-likeness (QED) is 0.801. The Balaban J connectivity index is 1.98. The first kappa shape index (κ1) is 14.0. The lowest BCUT2D eigenvalue weighted by Gasteiger charge is -2.16. The molecule has 6 heteroatoms. The van der Waals surface area contributed by atoms with E-state index >= 15 is 0 Å². The van der Waals surface area contributed by atoms with Gasteiger partial charge in [-0.2, -0.15) is 5.10 Å². The van der Waals surface area contributed by atoms with Crippen molar-refractivity contribution < 1.29 is 9.59 Å². The van der Waals surface area contributed by atoms with Crippen LogP contribution in [-0.4, -0.2) is 21.5 Å². The third-order valence-corrected chi connectivity index (χ3v) is 4.14. The highest BCUT2D eigenvalue weighted by molar-refractivity contribution is 9.10. The van der Waals surface area contributed by atoms with Crippen molar-refractivity contribution in [1.82, 2.24) is 9.78 Å². The van der Waals surface area contributed by atoms with Crippen LogP contribution >= 0.6 is 15.9 Å². The predicted octanol–water partition coefficient (Wildman–Crippen LogP) is 2.47. The van der Waals surface area contributed by atoms with Crippen LogP contribution in [0.15, 0.2) is 28.7 Å². The lowest BCUT2D eigenvalue weighted by atomic mass is 10.1. The van der Waals surface area contributed by atoms with Crippen molar-refractivity contribution in [3.05, 3.63) is 45.7 Å². The van der Waals surface area contributed by atoms with Gasteiger partial charge in [0.2, 0.25) is 0 Å². The Kier molecular flexibility index (Phi) is 3.41. The van der Waals surface area contributed by atoms with Gasteiger partial charge in [-0.05, 0) is 30.7 Å². The number of nitrogens with zero attached hydrogens (tertiary/aromatic N) is 3. The Labute approximate surface area is 130 Å². The van der Waals surface area contributed by atoms with Crippen molar-refractivity contribution in [2.75, 3.05) is 4.90 Å². The number of benzene rings is 1. The first-order chi connectivity index (χ1) is 10.0. The molecule has 0 aliphatic carbocycles. The Hall–Kier alpha value is -1.95. The Morgan fingerprint density at radius 2 is 2.00 bits per heavy atom. The van der Waals surface area contributed by atoms with Gasteiger partial charge < -0.3 is 0 Å². The molecule has 1 aromatic carbocycles. The summed E-state index contributed by atoms with van der Waals surface area (Å²) in [7, 11) is 1.85. The highest BCUT2D eigenvalue weighted by Gasteiger charge is 2.36. The second-order valence-electron chi connectivity index (χ2n) is 4.99. The summed E-state index contributed by atoms with van der Waals surface area (Å²) in [6.45, 7) is 2.38. The van der Waals surface area contributed by atoms with Crippen molar-refractivity contribution in [3.63, 3.8) is 0 Å². The smallest absolute Gasteiger partial charge is 0.299 e. The fourth-order valence-corrected chi connectivity index (χ4v) is 2.84. The zero-order chi connectivity index (χ0) is 15.1. The molecule has 1 aliphatic heterocycles. The molecule has 0 fully saturated rings. The van der Waals surface area contributed by atoms with E-state index in [4.69, 9.17) is 0 Å². The van der Waals surface area contributed by atoms with Crippen LogP contribution in [0.5, 0.6) is 0 Å². The molecule has 1 aliphatic rings. The summed E-state index contributed by atoms with van der Waals surface area (Å²) >= 11 is 3.33. The van der Waals surface area contributed by atoms with E-state index in [1.165, 1.54) is 4.90 Å². The molecule has 2 aromatic rings. The third-order valence-electron chi connectivity index (χ3n) is 3.64. The summed E-state index contributed by atoms with van der Waals surface area (Å²) in [4.78, 5) is 25.8. The molecule has 5 nitrogen and oxygen atoms in total. The molecule has 1 aromatic heterocycles. The van der Waals surface area contributed by atoms with Crippen molar-refractivity contribution in [2.45, 2.75) is 19.9 Å². The van der Waals surface area contributed by atoms with E-state index in [-0.39, 0.29) is 0 Å². The highest BCUT2D eigenvalue weighted by Crippen LogP contribution is 2.32. The van der Waals surface area contributed by atoms with Crippen molar-refractivity contribution in [1.29, 1.82) is 0 Å². The maximum Gasteiger partial charge on any atom is 0.299 e. The number of ketones is 1. The van der Waals surface area contributed by atoms with Gasteiger partial charge in [-0.25, -0.2) is 0 Å². The molecule has 1 amide bonds. The summed E-state index contributed by atoms with van der Waals surface area (Å²) in [6.07, 6.45) is 0.838. The molecule has 0 atom stereocenters. The Bertz CT molecular complexity index is 751. The van der Waals surface area contributed by atoms with E-state index in [9.17, 15) is 9.59 Å². The molecule has 2 heterocycles. The number of anilines is 1. The van der Waals surface area contributed by atoms with Gasteiger partial charge in [-0.3, -0.25) is 19.2 Å². The average molecular weight is 348 g/mol. The van der Waals surface area contributed by atoms with Crippen LogP contribution in [0.2, 0.25) is 0 Å². The fraction of sp³-hybridized carbons (Fsp3) is 0.267. The topological polar surface area (TPSA) is 55.2 Å². The number of fused-ring (bicyclic) bond motifs is 1. The number of aryl methyl sites for hydroxylation is 2. The maximum absolute atomic E-state index is 12.2. The van der Waals surface area contributed by atoms with E-state index < -0.39 is 11.7 Å². The lowest BCUT2D eigenvalue weighted by molar-refractivity contribution is -0.114. The van der Waals surface area contributed by atoms with E-state index in [1.807, 2.05) is 26.1 Å². The molecule has 0 unspecified atom stereocenters. The van der Waals surface area contributed by atoms with Crippen LogP contribution in [0, 0.1) is 0 Å². The Morgan fingerprint density at radius 3 is 2.67 bits per heavy atom. The molecular formula is C15H14BrN3O2. The number of amides is 1. The molecule has 21 heavy (non-hydrogen) atoms. The molecule has 0 saturated heterocycles. The molecule has 0 saturated carbocycles. The van der Waals surface area contributed by atoms with Crippen molar-refractivity contribution in [2.24, 2.45) is 7.05 Å². The molecule has 108 valence electrons. The number of Topliss-reactive ketones (excluding diaryl/α,β-unsaturated/α-hetero) is 1. The number of halogens is 1. The second-order valence-corrected chi connectivity index (χ2v) is 5.90. The van der Waals surface area contributed by atoms with Crippen LogP contribution in [0.3, 0.4) is 0 Å². The predicted molar refractivity (Wildman–Crippen MR) is 82.2 cm³/mol. The van der Waals surface area contributed by atoms with Gasteiger partial charge in [-0.15, -0.1) is 0 Å². The summed E-state index contributed by atoms with van der Waals surface area (Å²) in [5, 5.41) is 4.37. The van der Waals surface area contributed by atoms with Crippen LogP contribution in [0.4, 0.5) is 5.69 Å². The summed E-state index contributed by atoms with van der Waals surface area (Å²) < 4.78 is 2.55. The van der Waals surface area contributed by atoms with Crippen LogP contribution < -0.4 is 4.90 Å². The first-order valence-corrected chi connectivity index (χ1v) is 7.48. The minimum atomic E-state index is -0.484. The van der Waals surface area contributed by atoms with Gasteiger partial charge in [0, 0.05) is 11.5 Å². The Morgan fingerprint density at radius 1 is 1.24 bits per heavy atom. The van der Waals surface area contributed by atoms with Gasteiger partial charge in [0.05, 0.1) is 29.2 Å². The van der Waals surface area contributed by atoms with Crippen molar-refractivity contribution >= 4 is 33.3 Å². The number of hydrogen-bond acceptors (Lipinski definition) is 3. The standard InChI is InChI=1S/C15H14BrN3O2/c1-3-10-7-11(18(2)17-10)8-19-13-5-4-9(16)6-12(13)14(20)15(19)21/h4-7H,3,8H2,1-2H3. The van der Waals surface area contributed by atoms with E-state index in [1.54, 1.807) is 16.8 Å². The van der Waals surface area contributed by atoms with E-state index in [2.05, 4.69) is 21.0 Å². The zero-order valence-electron chi connectivity index (χ0n) is 11.8. The van der Waals surface area contributed by atoms with Gasteiger partial charge in [0.1, 0.15) is 0 Å². The molecule has 0 bridgehead atoms. The van der Waals surface area contributed by atoms with Crippen molar-refractivity contribution in [3.8, 4) is 0 Å². The monoisotopic (exact) mass is 347 g/mol. The molecule has 0 N–H and O–H groups in total. The maximum atomic E-state index is 12.2. The average Bonchev–Trinajstić information content (AvgIpc) is 2.93.